The Morgan fingerprint density at radius 1 is 0.714 bits per heavy atom. The van der Waals surface area contributed by atoms with Crippen LogP contribution >= 0.6 is 8.58 Å². The number of hydrogen-bond acceptors (Lipinski definition) is 0. The van der Waals surface area contributed by atoms with Crippen molar-refractivity contribution in [2.45, 2.75) is 0 Å². The second-order valence-corrected chi connectivity index (χ2v) is 4.73. The molecule has 0 bridgehead atoms. The molecule has 0 saturated carbocycles. The summed E-state index contributed by atoms with van der Waals surface area (Å²) >= 11 is 0. The highest BCUT2D eigenvalue weighted by atomic mass is 31.1. The number of rotatable bonds is 2. The minimum Gasteiger partial charge on any atom is -0.207 e. The summed E-state index contributed by atoms with van der Waals surface area (Å²) in [4.78, 5) is 0. The van der Waals surface area contributed by atoms with Crippen LogP contribution in [0.15, 0.2) is 54.6 Å². The van der Waals surface area contributed by atoms with Crippen LogP contribution in [0.4, 0.5) is 4.39 Å². The van der Waals surface area contributed by atoms with Gasteiger partial charge in [0.25, 0.3) is 0 Å². The van der Waals surface area contributed by atoms with Crippen LogP contribution in [-0.2, 0) is 0 Å². The molecule has 0 saturated heterocycles. The summed E-state index contributed by atoms with van der Waals surface area (Å²) < 4.78 is 12.6. The maximum absolute atomic E-state index is 12.6. The zero-order valence-electron chi connectivity index (χ0n) is 7.65. The lowest BCUT2D eigenvalue weighted by Gasteiger charge is -1.94. The summed E-state index contributed by atoms with van der Waals surface area (Å²) in [5, 5.41) is 2.55. The molecule has 0 nitrogen and oxygen atoms in total. The van der Waals surface area contributed by atoms with Gasteiger partial charge in [0.1, 0.15) is 5.82 Å². The molecule has 0 amide bonds. The van der Waals surface area contributed by atoms with Crippen molar-refractivity contribution in [1.82, 2.24) is 0 Å². The van der Waals surface area contributed by atoms with Gasteiger partial charge < -0.3 is 0 Å². The van der Waals surface area contributed by atoms with Gasteiger partial charge in [-0.1, -0.05) is 18.2 Å². The van der Waals surface area contributed by atoms with Gasteiger partial charge in [0, 0.05) is 0 Å². The van der Waals surface area contributed by atoms with E-state index in [9.17, 15) is 4.39 Å². The summed E-state index contributed by atoms with van der Waals surface area (Å²) in [6.45, 7) is 0. The highest BCUT2D eigenvalue weighted by molar-refractivity contribution is 7.55. The van der Waals surface area contributed by atoms with Gasteiger partial charge in [-0.25, -0.2) is 4.39 Å². The molecule has 0 aliphatic carbocycles. The van der Waals surface area contributed by atoms with Gasteiger partial charge in [-0.05, 0) is 36.4 Å². The van der Waals surface area contributed by atoms with Crippen molar-refractivity contribution in [1.29, 1.82) is 0 Å². The van der Waals surface area contributed by atoms with E-state index in [2.05, 4.69) is 12.1 Å². The SMILES string of the molecule is [18F]c1ccc([PH2+]c2ccccc2)cc1. The predicted octanol–water partition coefficient (Wildman–Crippen LogP) is 2.19. The van der Waals surface area contributed by atoms with Gasteiger partial charge in [-0.15, -0.1) is 0 Å². The van der Waals surface area contributed by atoms with Crippen LogP contribution in [-0.4, -0.2) is 0 Å². The van der Waals surface area contributed by atoms with E-state index in [0.717, 1.165) is 0 Å². The lowest BCUT2D eigenvalue weighted by atomic mass is 10.3. The molecule has 0 fully saturated rings. The smallest absolute Gasteiger partial charge is 0.123 e. The van der Waals surface area contributed by atoms with Gasteiger partial charge in [-0.3, -0.25) is 0 Å². The largest absolute Gasteiger partial charge is 0.207 e. The van der Waals surface area contributed by atoms with E-state index in [-0.39, 0.29) is 14.4 Å². The Kier molecular flexibility index (Phi) is 2.90. The second-order valence-electron chi connectivity index (χ2n) is 3.11. The van der Waals surface area contributed by atoms with Crippen molar-refractivity contribution in [3.8, 4) is 0 Å². The maximum atomic E-state index is 12.6. The lowest BCUT2D eigenvalue weighted by molar-refractivity contribution is 0.628. The van der Waals surface area contributed by atoms with E-state index >= 15 is 0 Å². The third-order valence-corrected chi connectivity index (χ3v) is 3.44. The molecule has 14 heavy (non-hydrogen) atoms. The van der Waals surface area contributed by atoms with Crippen LogP contribution in [0.2, 0.25) is 0 Å². The normalized spacial score (nSPS) is 10.9. The van der Waals surface area contributed by atoms with Crippen molar-refractivity contribution in [2.24, 2.45) is 0 Å². The summed E-state index contributed by atoms with van der Waals surface area (Å²) in [7, 11) is 0.0948. The minimum absolute atomic E-state index is 0.0948. The van der Waals surface area contributed by atoms with Crippen molar-refractivity contribution in [3.05, 3.63) is 60.4 Å². The van der Waals surface area contributed by atoms with E-state index in [1.54, 1.807) is 0 Å². The van der Waals surface area contributed by atoms with Gasteiger partial charge in [0.2, 0.25) is 0 Å². The van der Waals surface area contributed by atoms with E-state index in [0.29, 0.717) is 0 Å². The topological polar surface area (TPSA) is 0 Å². The molecule has 0 spiro atoms. The average Bonchev–Trinajstić information content (AvgIpc) is 2.23. The molecule has 0 aromatic heterocycles. The van der Waals surface area contributed by atoms with Gasteiger partial charge >= 0.3 is 0 Å². The minimum atomic E-state index is -0.166. The first-order valence-electron chi connectivity index (χ1n) is 4.50. The molecule has 0 aliphatic heterocycles. The monoisotopic (exact) mass is 204 g/mol. The molecule has 2 aromatic rings. The Morgan fingerprint density at radius 2 is 1.29 bits per heavy atom. The molecule has 0 N–H and O–H groups in total. The first-order valence-corrected chi connectivity index (χ1v) is 5.65. The van der Waals surface area contributed by atoms with E-state index in [4.69, 9.17) is 0 Å². The van der Waals surface area contributed by atoms with Gasteiger partial charge in [0.15, 0.2) is 0 Å². The van der Waals surface area contributed by atoms with Crippen LogP contribution in [0.25, 0.3) is 0 Å². The molecule has 2 aromatic carbocycles. The third-order valence-electron chi connectivity index (χ3n) is 2.00. The van der Waals surface area contributed by atoms with Crippen molar-refractivity contribution < 1.29 is 4.39 Å². The fraction of sp³-hybridized carbons (Fsp3) is 0. The quantitative estimate of drug-likeness (QED) is 0.658. The molecular weight excluding hydrogens is 193 g/mol. The Hall–Kier alpha value is -1.20. The van der Waals surface area contributed by atoms with E-state index < -0.39 is 0 Å². The Morgan fingerprint density at radius 3 is 1.93 bits per heavy atom. The van der Waals surface area contributed by atoms with Crippen LogP contribution in [0, 0.1) is 5.82 Å². The molecular formula is C12H11FP+. The molecule has 0 heterocycles. The summed E-state index contributed by atoms with van der Waals surface area (Å²) in [5.74, 6) is -0.166. The highest BCUT2D eigenvalue weighted by Crippen LogP contribution is 2.10. The van der Waals surface area contributed by atoms with Gasteiger partial charge in [0.05, 0.1) is 19.2 Å². The number of benzene rings is 2. The molecule has 70 valence electrons. The predicted molar refractivity (Wildman–Crippen MR) is 61.8 cm³/mol. The molecule has 2 rings (SSSR count). The summed E-state index contributed by atoms with van der Waals surface area (Å²) in [6, 6.07) is 17.1. The lowest BCUT2D eigenvalue weighted by Crippen LogP contribution is -2.02. The van der Waals surface area contributed by atoms with Crippen LogP contribution in [0.1, 0.15) is 0 Å². The molecule has 1 atom stereocenters. The average molecular weight is 204 g/mol. The van der Waals surface area contributed by atoms with Crippen molar-refractivity contribution >= 4 is 19.2 Å². The zero-order chi connectivity index (χ0) is 9.80. The Labute approximate surface area is 84.6 Å². The van der Waals surface area contributed by atoms with Crippen LogP contribution < -0.4 is 10.6 Å². The summed E-state index contributed by atoms with van der Waals surface area (Å²) in [5.41, 5.74) is 0. The molecule has 0 radical (unpaired) electrons. The number of hydrogen-bond donors (Lipinski definition) is 0. The van der Waals surface area contributed by atoms with E-state index in [1.807, 2.05) is 30.3 Å². The number of halogens is 1. The zero-order valence-corrected chi connectivity index (χ0v) is 8.81. The van der Waals surface area contributed by atoms with Crippen molar-refractivity contribution in [2.75, 3.05) is 0 Å². The fourth-order valence-electron chi connectivity index (χ4n) is 1.30. The fourth-order valence-corrected chi connectivity index (χ4v) is 2.49. The van der Waals surface area contributed by atoms with Gasteiger partial charge in [-0.2, -0.15) is 0 Å². The second kappa shape index (κ2) is 4.34. The maximum Gasteiger partial charge on any atom is 0.123 e. The Bertz CT molecular complexity index is 394. The van der Waals surface area contributed by atoms with Crippen LogP contribution in [0.5, 0.6) is 0 Å². The summed E-state index contributed by atoms with van der Waals surface area (Å²) in [6.07, 6.45) is 0. The molecule has 1 unspecified atom stereocenters. The Balaban J connectivity index is 2.16. The molecule has 0 aliphatic rings. The third kappa shape index (κ3) is 2.40. The first-order chi connectivity index (χ1) is 6.84. The standard InChI is InChI=1S/C12H10FP/c13-10-6-8-12(9-7-10)14-11-4-2-1-3-5-11/h1-9,14H/p+1/i13-1. The first kappa shape index (κ1) is 9.36. The molecule has 2 heteroatoms. The highest BCUT2D eigenvalue weighted by Gasteiger charge is 2.02. The van der Waals surface area contributed by atoms with Crippen LogP contribution in [0.3, 0.4) is 0 Å². The van der Waals surface area contributed by atoms with E-state index in [1.165, 1.54) is 22.7 Å². The van der Waals surface area contributed by atoms with Crippen molar-refractivity contribution in [3.63, 3.8) is 0 Å².